The minimum absolute atomic E-state index is 0.167. The van der Waals surface area contributed by atoms with Crippen LogP contribution < -0.4 is 5.56 Å². The topological polar surface area (TPSA) is 74.1 Å². The zero-order chi connectivity index (χ0) is 19.0. The van der Waals surface area contributed by atoms with Crippen molar-refractivity contribution in [2.24, 2.45) is 5.92 Å². The second-order valence-electron chi connectivity index (χ2n) is 7.14. The molecule has 0 saturated heterocycles. The molecular formula is C20H21N3O3S. The molecule has 0 amide bonds. The fraction of sp³-hybridized carbons (Fsp3) is 0.400. The first-order chi connectivity index (χ1) is 13.0. The molecule has 140 valence electrons. The molecule has 2 aromatic heterocycles. The van der Waals surface area contributed by atoms with Crippen molar-refractivity contribution in [1.82, 2.24) is 15.0 Å². The zero-order valence-electron chi connectivity index (χ0n) is 15.3. The Bertz CT molecular complexity index is 1040. The van der Waals surface area contributed by atoms with Gasteiger partial charge in [0.15, 0.2) is 10.9 Å². The molecule has 1 aliphatic carbocycles. The molecule has 0 bridgehead atoms. The van der Waals surface area contributed by atoms with E-state index in [4.69, 9.17) is 4.74 Å². The highest BCUT2D eigenvalue weighted by Crippen LogP contribution is 2.35. The minimum Gasteiger partial charge on any atom is -0.459 e. The van der Waals surface area contributed by atoms with Gasteiger partial charge in [0.1, 0.15) is 6.61 Å². The Kier molecular flexibility index (Phi) is 4.78. The number of fused-ring (bicyclic) bond motifs is 3. The summed E-state index contributed by atoms with van der Waals surface area (Å²) in [6.45, 7) is 4.01. The molecule has 0 N–H and O–H groups in total. The molecule has 0 fully saturated rings. The van der Waals surface area contributed by atoms with Crippen LogP contribution in [0.2, 0.25) is 0 Å². The number of ether oxygens (including phenoxy) is 1. The van der Waals surface area contributed by atoms with Crippen LogP contribution in [0.15, 0.2) is 35.1 Å². The van der Waals surface area contributed by atoms with Crippen molar-refractivity contribution >= 4 is 27.5 Å². The van der Waals surface area contributed by atoms with Crippen molar-refractivity contribution < 1.29 is 9.53 Å². The van der Waals surface area contributed by atoms with Gasteiger partial charge in [-0.2, -0.15) is 4.68 Å². The van der Waals surface area contributed by atoms with Crippen molar-refractivity contribution in [3.8, 4) is 0 Å². The number of esters is 1. The first kappa shape index (κ1) is 17.9. The van der Waals surface area contributed by atoms with E-state index in [-0.39, 0.29) is 12.2 Å². The van der Waals surface area contributed by atoms with Crippen LogP contribution in [0.3, 0.4) is 0 Å². The summed E-state index contributed by atoms with van der Waals surface area (Å²) in [5.74, 6) is 0.125. The van der Waals surface area contributed by atoms with Crippen molar-refractivity contribution in [2.75, 3.05) is 0 Å². The third-order valence-electron chi connectivity index (χ3n) is 5.08. The fourth-order valence-corrected chi connectivity index (χ4v) is 4.79. The summed E-state index contributed by atoms with van der Waals surface area (Å²) >= 11 is 1.55. The Morgan fingerprint density at radius 3 is 2.93 bits per heavy atom. The number of hydrogen-bond acceptors (Lipinski definition) is 6. The highest BCUT2D eigenvalue weighted by molar-refractivity contribution is 7.18. The summed E-state index contributed by atoms with van der Waals surface area (Å²) < 4.78 is 6.51. The number of carbonyl (C=O) groups is 1. The number of rotatable bonds is 4. The molecule has 27 heavy (non-hydrogen) atoms. The van der Waals surface area contributed by atoms with Gasteiger partial charge in [-0.1, -0.05) is 42.5 Å². The van der Waals surface area contributed by atoms with Crippen LogP contribution >= 0.6 is 11.3 Å². The van der Waals surface area contributed by atoms with Gasteiger partial charge >= 0.3 is 5.97 Å². The Labute approximate surface area is 160 Å². The van der Waals surface area contributed by atoms with E-state index in [1.54, 1.807) is 18.3 Å². The molecule has 2 atom stereocenters. The van der Waals surface area contributed by atoms with Crippen molar-refractivity contribution in [2.45, 2.75) is 45.8 Å². The molecule has 1 aromatic carbocycles. The van der Waals surface area contributed by atoms with Gasteiger partial charge in [0, 0.05) is 4.88 Å². The van der Waals surface area contributed by atoms with E-state index in [1.807, 2.05) is 30.3 Å². The maximum atomic E-state index is 13.0. The normalized spacial score (nSPS) is 17.5. The Hall–Kier alpha value is -2.54. The highest BCUT2D eigenvalue weighted by Gasteiger charge is 2.26. The van der Waals surface area contributed by atoms with Crippen LogP contribution in [-0.2, 0) is 29.0 Å². The second kappa shape index (κ2) is 7.23. The fourth-order valence-electron chi connectivity index (χ4n) is 3.47. The van der Waals surface area contributed by atoms with Gasteiger partial charge in [0.25, 0.3) is 5.56 Å². The highest BCUT2D eigenvalue weighted by atomic mass is 32.1. The van der Waals surface area contributed by atoms with E-state index in [0.29, 0.717) is 16.1 Å². The summed E-state index contributed by atoms with van der Waals surface area (Å²) in [7, 11) is 0. The average molecular weight is 383 g/mol. The van der Waals surface area contributed by atoms with Crippen molar-refractivity contribution in [3.05, 3.63) is 56.7 Å². The van der Waals surface area contributed by atoms with Gasteiger partial charge in [0.2, 0.25) is 0 Å². The number of aryl methyl sites for hydroxylation is 1. The largest absolute Gasteiger partial charge is 0.459 e. The minimum atomic E-state index is -0.823. The van der Waals surface area contributed by atoms with Crippen LogP contribution in [0.4, 0.5) is 0 Å². The summed E-state index contributed by atoms with van der Waals surface area (Å²) in [5, 5.41) is 8.85. The van der Waals surface area contributed by atoms with Crippen LogP contribution in [0, 0.1) is 5.92 Å². The van der Waals surface area contributed by atoms with Gasteiger partial charge in [-0.25, -0.2) is 4.79 Å². The molecule has 0 saturated carbocycles. The predicted molar refractivity (Wildman–Crippen MR) is 104 cm³/mol. The van der Waals surface area contributed by atoms with Crippen LogP contribution in [0.25, 0.3) is 10.2 Å². The molecule has 0 aliphatic heterocycles. The second-order valence-corrected chi connectivity index (χ2v) is 8.22. The summed E-state index contributed by atoms with van der Waals surface area (Å²) in [4.78, 5) is 27.3. The molecule has 0 spiro atoms. The molecule has 0 unspecified atom stereocenters. The standard InChI is InChI=1S/C20H21N3O3S/c1-12-8-9-15-16(10-12)27-18-17(15)19(24)23(22-21-18)13(2)20(25)26-11-14-6-4-3-5-7-14/h3-7,12-13H,8-11H2,1-2H3/t12-,13+/m1/s1. The number of benzene rings is 1. The molecular weight excluding hydrogens is 362 g/mol. The van der Waals surface area contributed by atoms with Crippen molar-refractivity contribution in [3.63, 3.8) is 0 Å². The number of carbonyl (C=O) groups excluding carboxylic acids is 1. The summed E-state index contributed by atoms with van der Waals surface area (Å²) in [6.07, 6.45) is 2.92. The lowest BCUT2D eigenvalue weighted by Gasteiger charge is -2.17. The van der Waals surface area contributed by atoms with E-state index in [9.17, 15) is 9.59 Å². The monoisotopic (exact) mass is 383 g/mol. The number of hydrogen-bond donors (Lipinski definition) is 0. The van der Waals surface area contributed by atoms with E-state index in [0.717, 1.165) is 35.1 Å². The lowest BCUT2D eigenvalue weighted by molar-refractivity contribution is -0.148. The quantitative estimate of drug-likeness (QED) is 0.647. The van der Waals surface area contributed by atoms with E-state index >= 15 is 0 Å². The maximum Gasteiger partial charge on any atom is 0.331 e. The lowest BCUT2D eigenvalue weighted by Crippen LogP contribution is -2.32. The van der Waals surface area contributed by atoms with Gasteiger partial charge < -0.3 is 4.74 Å². The number of nitrogens with zero attached hydrogens (tertiary/aromatic N) is 3. The summed E-state index contributed by atoms with van der Waals surface area (Å²) in [6, 6.07) is 8.62. The average Bonchev–Trinajstić information content (AvgIpc) is 3.05. The van der Waals surface area contributed by atoms with E-state index in [1.165, 1.54) is 4.88 Å². The Morgan fingerprint density at radius 2 is 2.15 bits per heavy atom. The smallest absolute Gasteiger partial charge is 0.331 e. The maximum absolute atomic E-state index is 13.0. The van der Waals surface area contributed by atoms with E-state index < -0.39 is 12.0 Å². The molecule has 3 aromatic rings. The van der Waals surface area contributed by atoms with Crippen molar-refractivity contribution in [1.29, 1.82) is 0 Å². The van der Waals surface area contributed by atoms with Gasteiger partial charge in [-0.15, -0.1) is 16.4 Å². The van der Waals surface area contributed by atoms with Crippen LogP contribution in [0.1, 0.15) is 42.3 Å². The zero-order valence-corrected chi connectivity index (χ0v) is 16.2. The molecule has 4 rings (SSSR count). The predicted octanol–water partition coefficient (Wildman–Crippen LogP) is 3.28. The molecule has 1 aliphatic rings. The lowest BCUT2D eigenvalue weighted by atomic mass is 9.89. The van der Waals surface area contributed by atoms with Gasteiger partial charge in [-0.05, 0) is 43.2 Å². The van der Waals surface area contributed by atoms with Crippen LogP contribution in [0.5, 0.6) is 0 Å². The first-order valence-electron chi connectivity index (χ1n) is 9.15. The van der Waals surface area contributed by atoms with E-state index in [2.05, 4.69) is 17.2 Å². The molecule has 2 heterocycles. The Balaban J connectivity index is 1.60. The molecule has 6 nitrogen and oxygen atoms in total. The van der Waals surface area contributed by atoms with Gasteiger partial charge in [0.05, 0.1) is 5.39 Å². The third-order valence-corrected chi connectivity index (χ3v) is 6.22. The molecule has 0 radical (unpaired) electrons. The number of thiophene rings is 1. The Morgan fingerprint density at radius 1 is 1.37 bits per heavy atom. The SMILES string of the molecule is C[C@@H]1CCc2c(sc3nnn([C@@H](C)C(=O)OCc4ccccc4)c(=O)c23)C1. The first-order valence-corrected chi connectivity index (χ1v) is 9.96. The summed E-state index contributed by atoms with van der Waals surface area (Å²) in [5.41, 5.74) is 1.73. The third kappa shape index (κ3) is 3.39. The van der Waals surface area contributed by atoms with Crippen LogP contribution in [-0.4, -0.2) is 21.0 Å². The number of aromatic nitrogens is 3. The molecule has 7 heteroatoms. The van der Waals surface area contributed by atoms with Gasteiger partial charge in [-0.3, -0.25) is 4.79 Å².